The first-order valence-electron chi connectivity index (χ1n) is 13.6. The highest BCUT2D eigenvalue weighted by Crippen LogP contribution is 2.50. The van der Waals surface area contributed by atoms with Crippen LogP contribution in [0.25, 0.3) is 11.1 Å². The topological polar surface area (TPSA) is 115 Å². The van der Waals surface area contributed by atoms with E-state index in [1.807, 2.05) is 26.0 Å². The molecule has 0 heterocycles. The maximum Gasteiger partial charge on any atom is 0.242 e. The second-order valence-corrected chi connectivity index (χ2v) is 10.4. The van der Waals surface area contributed by atoms with Crippen molar-refractivity contribution in [3.05, 3.63) is 45.6 Å². The summed E-state index contributed by atoms with van der Waals surface area (Å²) in [6.45, 7) is 5.49. The molecule has 2 aromatic rings. The van der Waals surface area contributed by atoms with Crippen LogP contribution in [0.5, 0.6) is 17.2 Å². The lowest BCUT2D eigenvalue weighted by molar-refractivity contribution is -0.123. The number of rotatable bonds is 10. The Labute approximate surface area is 229 Å². The van der Waals surface area contributed by atoms with Gasteiger partial charge in [0, 0.05) is 18.5 Å². The fourth-order valence-electron chi connectivity index (χ4n) is 5.22. The Balaban J connectivity index is 1.89. The van der Waals surface area contributed by atoms with E-state index in [2.05, 4.69) is 16.0 Å². The number of ether oxygens (including phenoxy) is 3. The molecule has 0 saturated heterocycles. The number of amides is 2. The second-order valence-electron chi connectivity index (χ2n) is 10.4. The number of aryl methyl sites for hydroxylation is 1. The van der Waals surface area contributed by atoms with Crippen molar-refractivity contribution in [1.82, 2.24) is 10.6 Å². The molecule has 2 aromatic carbocycles. The minimum absolute atomic E-state index is 0.0103. The lowest BCUT2D eigenvalue weighted by Crippen LogP contribution is -2.45. The van der Waals surface area contributed by atoms with Crippen LogP contribution >= 0.6 is 0 Å². The summed E-state index contributed by atoms with van der Waals surface area (Å²) in [6.07, 6.45) is 3.93. The summed E-state index contributed by atoms with van der Waals surface area (Å²) in [5.41, 5.74) is 3.21. The maximum absolute atomic E-state index is 13.6. The Bertz CT molecular complexity index is 1310. The van der Waals surface area contributed by atoms with Gasteiger partial charge in [0.2, 0.25) is 23.0 Å². The van der Waals surface area contributed by atoms with Gasteiger partial charge in [-0.1, -0.05) is 26.3 Å². The molecule has 0 spiro atoms. The van der Waals surface area contributed by atoms with Crippen LogP contribution in [0.2, 0.25) is 0 Å². The highest BCUT2D eigenvalue weighted by Gasteiger charge is 2.32. The van der Waals surface area contributed by atoms with Gasteiger partial charge in [0.05, 0.1) is 33.1 Å². The normalized spacial score (nSPS) is 17.4. The number of benzene rings is 1. The molecule has 4 rings (SSSR count). The minimum atomic E-state index is -0.553. The zero-order valence-electron chi connectivity index (χ0n) is 23.6. The Morgan fingerprint density at radius 2 is 1.72 bits per heavy atom. The van der Waals surface area contributed by atoms with Gasteiger partial charge in [0.1, 0.15) is 6.04 Å². The van der Waals surface area contributed by atoms with Gasteiger partial charge in [-0.25, -0.2) is 0 Å². The molecule has 1 saturated carbocycles. The molecule has 39 heavy (non-hydrogen) atoms. The van der Waals surface area contributed by atoms with Gasteiger partial charge >= 0.3 is 0 Å². The van der Waals surface area contributed by atoms with Crippen LogP contribution in [0.3, 0.4) is 0 Å². The van der Waals surface area contributed by atoms with E-state index in [0.717, 1.165) is 36.0 Å². The first-order chi connectivity index (χ1) is 18.7. The van der Waals surface area contributed by atoms with Gasteiger partial charge in [-0.15, -0.1) is 0 Å². The third-order valence-corrected chi connectivity index (χ3v) is 7.65. The molecule has 210 valence electrons. The maximum atomic E-state index is 13.6. The average Bonchev–Trinajstić information content (AvgIpc) is 3.76. The number of fused-ring (bicyclic) bond motifs is 3. The summed E-state index contributed by atoms with van der Waals surface area (Å²) < 4.78 is 17.1. The van der Waals surface area contributed by atoms with E-state index in [1.54, 1.807) is 33.5 Å². The fourth-order valence-corrected chi connectivity index (χ4v) is 5.22. The molecule has 0 aromatic heterocycles. The van der Waals surface area contributed by atoms with Crippen molar-refractivity contribution in [1.29, 1.82) is 0 Å². The number of nitrogens with one attached hydrogen (secondary N) is 3. The van der Waals surface area contributed by atoms with E-state index < -0.39 is 12.1 Å². The molecule has 9 heteroatoms. The minimum Gasteiger partial charge on any atom is -0.493 e. The summed E-state index contributed by atoms with van der Waals surface area (Å²) in [7, 11) is 4.69. The summed E-state index contributed by atoms with van der Waals surface area (Å²) in [5.74, 6) is 1.20. The van der Waals surface area contributed by atoms with E-state index in [1.165, 1.54) is 6.92 Å². The Kier molecular flexibility index (Phi) is 8.67. The van der Waals surface area contributed by atoms with Crippen LogP contribution in [0.4, 0.5) is 5.69 Å². The largest absolute Gasteiger partial charge is 0.493 e. The first-order valence-corrected chi connectivity index (χ1v) is 13.6. The molecular formula is C30H39N3O6. The predicted octanol–water partition coefficient (Wildman–Crippen LogP) is 3.97. The zero-order valence-corrected chi connectivity index (χ0v) is 23.6. The Morgan fingerprint density at radius 3 is 2.31 bits per heavy atom. The monoisotopic (exact) mass is 537 g/mol. The molecule has 9 nitrogen and oxygen atoms in total. The van der Waals surface area contributed by atoms with Crippen molar-refractivity contribution in [2.24, 2.45) is 5.92 Å². The molecule has 0 aliphatic heterocycles. The molecule has 3 atom stereocenters. The van der Waals surface area contributed by atoms with Crippen molar-refractivity contribution >= 4 is 17.5 Å². The molecule has 1 fully saturated rings. The molecule has 0 bridgehead atoms. The van der Waals surface area contributed by atoms with Crippen LogP contribution in [0, 0.1) is 5.92 Å². The Hall–Kier alpha value is -3.75. The van der Waals surface area contributed by atoms with Gasteiger partial charge in [-0.05, 0) is 66.5 Å². The number of anilines is 1. The summed E-state index contributed by atoms with van der Waals surface area (Å²) in [5, 5.41) is 9.34. The number of hydrogen-bond donors (Lipinski definition) is 3. The van der Waals surface area contributed by atoms with Crippen LogP contribution < -0.4 is 35.6 Å². The Morgan fingerprint density at radius 1 is 1.00 bits per heavy atom. The molecule has 2 aliphatic rings. The SMILES string of the molecule is CC[C@H](C)[C@@H](Nc1ccc2c(cc1=O)[C@H](NC(C)=O)CCc1cc(OC)c(OC)c(OC)c1-2)C(=O)NC1CC1. The zero-order chi connectivity index (χ0) is 28.3. The molecule has 2 amide bonds. The van der Waals surface area contributed by atoms with Crippen molar-refractivity contribution < 1.29 is 23.8 Å². The fraction of sp³-hybridized carbons (Fsp3) is 0.500. The predicted molar refractivity (Wildman–Crippen MR) is 151 cm³/mol. The molecular weight excluding hydrogens is 498 g/mol. The molecule has 0 unspecified atom stereocenters. The van der Waals surface area contributed by atoms with Crippen molar-refractivity contribution in [3.8, 4) is 28.4 Å². The van der Waals surface area contributed by atoms with Crippen LogP contribution in [0.15, 0.2) is 29.1 Å². The van der Waals surface area contributed by atoms with Crippen molar-refractivity contribution in [3.63, 3.8) is 0 Å². The third kappa shape index (κ3) is 5.97. The van der Waals surface area contributed by atoms with Crippen molar-refractivity contribution in [2.45, 2.75) is 71.0 Å². The van der Waals surface area contributed by atoms with Crippen LogP contribution in [-0.4, -0.2) is 45.2 Å². The highest BCUT2D eigenvalue weighted by atomic mass is 16.5. The smallest absolute Gasteiger partial charge is 0.242 e. The average molecular weight is 538 g/mol. The van der Waals surface area contributed by atoms with Gasteiger partial charge in [-0.2, -0.15) is 0 Å². The van der Waals surface area contributed by atoms with Gasteiger partial charge in [0.15, 0.2) is 11.5 Å². The molecule has 2 aliphatic carbocycles. The molecule has 3 N–H and O–H groups in total. The van der Waals surface area contributed by atoms with E-state index in [-0.39, 0.29) is 29.2 Å². The lowest BCUT2D eigenvalue weighted by atomic mass is 9.95. The second kappa shape index (κ2) is 12.0. The summed E-state index contributed by atoms with van der Waals surface area (Å²) in [4.78, 5) is 38.9. The molecule has 0 radical (unpaired) electrons. The number of carbonyl (C=O) groups is 2. The van der Waals surface area contributed by atoms with E-state index in [0.29, 0.717) is 41.3 Å². The van der Waals surface area contributed by atoms with Crippen LogP contribution in [0.1, 0.15) is 63.6 Å². The van der Waals surface area contributed by atoms with Gasteiger partial charge < -0.3 is 30.2 Å². The van der Waals surface area contributed by atoms with Crippen LogP contribution in [-0.2, 0) is 16.0 Å². The van der Waals surface area contributed by atoms with Crippen molar-refractivity contribution in [2.75, 3.05) is 26.6 Å². The van der Waals surface area contributed by atoms with Gasteiger partial charge in [0.25, 0.3) is 0 Å². The van der Waals surface area contributed by atoms with E-state index in [9.17, 15) is 14.4 Å². The number of carbonyl (C=O) groups excluding carboxylic acids is 2. The lowest BCUT2D eigenvalue weighted by Gasteiger charge is -2.24. The number of methoxy groups -OCH3 is 3. The summed E-state index contributed by atoms with van der Waals surface area (Å²) in [6, 6.07) is 6.33. The van der Waals surface area contributed by atoms with Gasteiger partial charge in [-0.3, -0.25) is 14.4 Å². The number of hydrogen-bond acceptors (Lipinski definition) is 7. The first kappa shape index (κ1) is 28.3. The van der Waals surface area contributed by atoms with E-state index >= 15 is 0 Å². The third-order valence-electron chi connectivity index (χ3n) is 7.65. The standard InChI is InChI=1S/C30H39N3O6/c1-7-16(2)27(30(36)32-19-9-10-19)33-23-13-11-20-21(15-24(23)35)22(31-17(3)34)12-8-18-14-25(37-4)28(38-5)29(39-6)26(18)20/h11,13-16,19,22,27H,7-10,12H2,1-6H3,(H,31,34)(H,32,36)(H,33,35)/t16-,22+,27+/m0/s1. The highest BCUT2D eigenvalue weighted by molar-refractivity contribution is 5.86. The summed E-state index contributed by atoms with van der Waals surface area (Å²) >= 11 is 0. The van der Waals surface area contributed by atoms with E-state index in [4.69, 9.17) is 14.2 Å². The quantitative estimate of drug-likeness (QED) is 0.420.